The minimum Gasteiger partial charge on any atom is -0.488 e. The second-order valence-electron chi connectivity index (χ2n) is 8.86. The molecule has 178 valence electrons. The largest absolute Gasteiger partial charge is 0.488 e. The number of carbonyl (C=O) groups excluding carboxylic acids is 1. The summed E-state index contributed by atoms with van der Waals surface area (Å²) in [7, 11) is 1.89. The molecule has 0 aliphatic carbocycles. The van der Waals surface area contributed by atoms with Crippen LogP contribution in [0.2, 0.25) is 0 Å². The third kappa shape index (κ3) is 5.78. The number of ketones is 1. The SMILES string of the molecule is Cn1cc(-c2ccc(C(=O)Cc3ccc(Oc4ccccc4)cc3)c(O[C@@H]3CCCNC3)c2)cn1. The molecule has 1 atom stereocenters. The van der Waals surface area contributed by atoms with Crippen LogP contribution >= 0.6 is 0 Å². The van der Waals surface area contributed by atoms with Gasteiger partial charge in [-0.2, -0.15) is 5.10 Å². The Balaban J connectivity index is 1.34. The number of para-hydroxylation sites is 1. The van der Waals surface area contributed by atoms with E-state index in [4.69, 9.17) is 9.47 Å². The van der Waals surface area contributed by atoms with Crippen LogP contribution in [-0.2, 0) is 13.5 Å². The molecule has 1 aliphatic heterocycles. The average Bonchev–Trinajstić information content (AvgIpc) is 3.33. The zero-order valence-electron chi connectivity index (χ0n) is 19.8. The number of piperidine rings is 1. The Kier molecular flexibility index (Phi) is 6.91. The first-order valence-electron chi connectivity index (χ1n) is 12.0. The Morgan fingerprint density at radius 2 is 1.83 bits per heavy atom. The lowest BCUT2D eigenvalue weighted by atomic mass is 9.99. The molecule has 35 heavy (non-hydrogen) atoms. The van der Waals surface area contributed by atoms with Crippen molar-refractivity contribution in [1.82, 2.24) is 15.1 Å². The molecule has 0 radical (unpaired) electrons. The fourth-order valence-electron chi connectivity index (χ4n) is 4.28. The molecule has 0 bridgehead atoms. The number of hydrogen-bond acceptors (Lipinski definition) is 5. The van der Waals surface area contributed by atoms with Gasteiger partial charge in [0.15, 0.2) is 5.78 Å². The van der Waals surface area contributed by atoms with Gasteiger partial charge in [-0.05, 0) is 66.9 Å². The molecule has 5 rings (SSSR count). The summed E-state index contributed by atoms with van der Waals surface area (Å²) in [6.45, 7) is 1.79. The van der Waals surface area contributed by atoms with Gasteiger partial charge in [-0.25, -0.2) is 0 Å². The molecule has 1 aliphatic rings. The van der Waals surface area contributed by atoms with Crippen molar-refractivity contribution in [3.63, 3.8) is 0 Å². The molecule has 2 heterocycles. The van der Waals surface area contributed by atoms with E-state index in [2.05, 4.69) is 10.4 Å². The van der Waals surface area contributed by atoms with Crippen molar-refractivity contribution < 1.29 is 14.3 Å². The molecule has 6 heteroatoms. The maximum Gasteiger partial charge on any atom is 0.170 e. The molecule has 0 unspecified atom stereocenters. The number of rotatable bonds is 8. The van der Waals surface area contributed by atoms with Gasteiger partial charge in [-0.1, -0.05) is 36.4 Å². The minimum atomic E-state index is 0.0261. The molecular weight excluding hydrogens is 438 g/mol. The van der Waals surface area contributed by atoms with E-state index in [0.29, 0.717) is 11.3 Å². The molecule has 1 N–H and O–H groups in total. The summed E-state index contributed by atoms with van der Waals surface area (Å²) in [4.78, 5) is 13.4. The third-order valence-corrected chi connectivity index (χ3v) is 6.13. The first-order valence-corrected chi connectivity index (χ1v) is 12.0. The highest BCUT2D eigenvalue weighted by atomic mass is 16.5. The molecule has 3 aromatic carbocycles. The van der Waals surface area contributed by atoms with Crippen molar-refractivity contribution in [3.05, 3.63) is 96.3 Å². The smallest absolute Gasteiger partial charge is 0.170 e. The molecule has 0 saturated carbocycles. The molecule has 0 spiro atoms. The maximum absolute atomic E-state index is 13.4. The van der Waals surface area contributed by atoms with E-state index >= 15 is 0 Å². The van der Waals surface area contributed by atoms with Crippen LogP contribution in [0.5, 0.6) is 17.2 Å². The summed E-state index contributed by atoms with van der Waals surface area (Å²) in [5.74, 6) is 2.18. The first-order chi connectivity index (χ1) is 17.1. The van der Waals surface area contributed by atoms with Crippen molar-refractivity contribution >= 4 is 5.78 Å². The van der Waals surface area contributed by atoms with Crippen molar-refractivity contribution in [3.8, 4) is 28.4 Å². The van der Waals surface area contributed by atoms with Gasteiger partial charge in [0, 0.05) is 31.8 Å². The van der Waals surface area contributed by atoms with E-state index in [-0.39, 0.29) is 18.3 Å². The summed E-state index contributed by atoms with van der Waals surface area (Å²) in [5, 5.41) is 7.65. The fourth-order valence-corrected chi connectivity index (χ4v) is 4.28. The lowest BCUT2D eigenvalue weighted by Crippen LogP contribution is -2.37. The molecule has 1 aromatic heterocycles. The van der Waals surface area contributed by atoms with E-state index in [1.54, 1.807) is 4.68 Å². The van der Waals surface area contributed by atoms with Crippen molar-refractivity contribution in [2.75, 3.05) is 13.1 Å². The number of benzene rings is 3. The van der Waals surface area contributed by atoms with E-state index in [1.165, 1.54) is 0 Å². The van der Waals surface area contributed by atoms with Gasteiger partial charge < -0.3 is 14.8 Å². The molecule has 6 nitrogen and oxygen atoms in total. The lowest BCUT2D eigenvalue weighted by molar-refractivity contribution is 0.0982. The number of nitrogens with one attached hydrogen (secondary N) is 1. The van der Waals surface area contributed by atoms with Crippen molar-refractivity contribution in [2.45, 2.75) is 25.4 Å². The maximum atomic E-state index is 13.4. The van der Waals surface area contributed by atoms with Crippen LogP contribution < -0.4 is 14.8 Å². The second-order valence-corrected chi connectivity index (χ2v) is 8.86. The van der Waals surface area contributed by atoms with E-state index in [0.717, 1.165) is 54.1 Å². The van der Waals surface area contributed by atoms with Gasteiger partial charge >= 0.3 is 0 Å². The van der Waals surface area contributed by atoms with E-state index in [1.807, 2.05) is 92.2 Å². The number of ether oxygens (including phenoxy) is 2. The Morgan fingerprint density at radius 1 is 1.03 bits per heavy atom. The normalized spacial score (nSPS) is 15.5. The van der Waals surface area contributed by atoms with Crippen LogP contribution in [-0.4, -0.2) is 34.8 Å². The number of hydrogen-bond donors (Lipinski definition) is 1. The second kappa shape index (κ2) is 10.6. The fraction of sp³-hybridized carbons (Fsp3) is 0.241. The molecule has 1 fully saturated rings. The number of aryl methyl sites for hydroxylation is 1. The Labute approximate surface area is 205 Å². The topological polar surface area (TPSA) is 65.4 Å². The van der Waals surface area contributed by atoms with Crippen LogP contribution in [0.4, 0.5) is 0 Å². The summed E-state index contributed by atoms with van der Waals surface area (Å²) in [6, 6.07) is 23.1. The van der Waals surface area contributed by atoms with E-state index in [9.17, 15) is 4.79 Å². The van der Waals surface area contributed by atoms with Crippen LogP contribution in [0.1, 0.15) is 28.8 Å². The monoisotopic (exact) mass is 467 g/mol. The molecule has 4 aromatic rings. The quantitative estimate of drug-likeness (QED) is 0.350. The van der Waals surface area contributed by atoms with Crippen LogP contribution in [0.25, 0.3) is 11.1 Å². The molecule has 0 amide bonds. The van der Waals surface area contributed by atoms with Gasteiger partial charge in [-0.3, -0.25) is 9.48 Å². The summed E-state index contributed by atoms with van der Waals surface area (Å²) >= 11 is 0. The van der Waals surface area contributed by atoms with Gasteiger partial charge in [0.05, 0.1) is 11.8 Å². The van der Waals surface area contributed by atoms with Crippen LogP contribution in [0.15, 0.2) is 85.2 Å². The first kappa shape index (κ1) is 22.9. The van der Waals surface area contributed by atoms with Gasteiger partial charge in [-0.15, -0.1) is 0 Å². The summed E-state index contributed by atoms with van der Waals surface area (Å²) in [5.41, 5.74) is 3.51. The van der Waals surface area contributed by atoms with Gasteiger partial charge in [0.2, 0.25) is 0 Å². The predicted molar refractivity (Wildman–Crippen MR) is 136 cm³/mol. The predicted octanol–water partition coefficient (Wildman–Crippen LogP) is 5.44. The highest BCUT2D eigenvalue weighted by molar-refractivity contribution is 6.00. The van der Waals surface area contributed by atoms with E-state index < -0.39 is 0 Å². The summed E-state index contributed by atoms with van der Waals surface area (Å²) < 4.78 is 14.0. The number of Topliss-reactive ketones (excluding diaryl/α,β-unsaturated/α-hetero) is 1. The third-order valence-electron chi connectivity index (χ3n) is 6.13. The lowest BCUT2D eigenvalue weighted by Gasteiger charge is -2.25. The molecular formula is C29H29N3O3. The highest BCUT2D eigenvalue weighted by Gasteiger charge is 2.20. The zero-order valence-corrected chi connectivity index (χ0v) is 19.8. The Morgan fingerprint density at radius 3 is 2.54 bits per heavy atom. The number of carbonyl (C=O) groups is 1. The number of aromatic nitrogens is 2. The van der Waals surface area contributed by atoms with Gasteiger partial charge in [0.25, 0.3) is 0 Å². The minimum absolute atomic E-state index is 0.0261. The Hall–Kier alpha value is -3.90. The molecule has 1 saturated heterocycles. The zero-order chi connectivity index (χ0) is 24.0. The standard InChI is InChI=1S/C29H29N3O3/c1-32-20-23(18-31-32)22-11-14-27(29(17-22)35-26-8-5-15-30-19-26)28(33)16-21-9-12-25(13-10-21)34-24-6-3-2-4-7-24/h2-4,6-7,9-14,17-18,20,26,30H,5,8,15-16,19H2,1H3/t26-/m1/s1. The van der Waals surface area contributed by atoms with Crippen molar-refractivity contribution in [2.24, 2.45) is 7.05 Å². The Bertz CT molecular complexity index is 1280. The van der Waals surface area contributed by atoms with Gasteiger partial charge in [0.1, 0.15) is 23.4 Å². The summed E-state index contributed by atoms with van der Waals surface area (Å²) in [6.07, 6.45) is 6.16. The van der Waals surface area contributed by atoms with Crippen LogP contribution in [0, 0.1) is 0 Å². The van der Waals surface area contributed by atoms with Crippen molar-refractivity contribution in [1.29, 1.82) is 0 Å². The highest BCUT2D eigenvalue weighted by Crippen LogP contribution is 2.30. The van der Waals surface area contributed by atoms with Crippen LogP contribution in [0.3, 0.4) is 0 Å². The average molecular weight is 468 g/mol. The number of nitrogens with zero attached hydrogens (tertiary/aromatic N) is 2.